The van der Waals surface area contributed by atoms with Crippen molar-refractivity contribution in [2.24, 2.45) is 0 Å². The Labute approximate surface area is 138 Å². The number of aryl methyl sites for hydroxylation is 1. The number of nitrogen functional groups attached to an aromatic ring is 1. The molecule has 23 heavy (non-hydrogen) atoms. The van der Waals surface area contributed by atoms with Crippen molar-refractivity contribution in [3.8, 4) is 5.75 Å². The predicted molar refractivity (Wildman–Crippen MR) is 94.6 cm³/mol. The lowest BCUT2D eigenvalue weighted by Gasteiger charge is -2.13. The van der Waals surface area contributed by atoms with Crippen LogP contribution < -0.4 is 15.8 Å². The fourth-order valence-electron chi connectivity index (χ4n) is 2.31. The Morgan fingerprint density at radius 1 is 1.13 bits per heavy atom. The molecule has 2 aromatic rings. The zero-order chi connectivity index (χ0) is 16.5. The van der Waals surface area contributed by atoms with Crippen molar-refractivity contribution in [2.45, 2.75) is 46.1 Å². The van der Waals surface area contributed by atoms with Gasteiger partial charge >= 0.3 is 0 Å². The van der Waals surface area contributed by atoms with Crippen molar-refractivity contribution < 1.29 is 4.74 Å². The van der Waals surface area contributed by atoms with E-state index in [9.17, 15) is 0 Å². The van der Waals surface area contributed by atoms with Gasteiger partial charge < -0.3 is 15.8 Å². The molecule has 0 aliphatic carbocycles. The number of nitrogens with one attached hydrogen (secondary N) is 1. The van der Waals surface area contributed by atoms with Crippen LogP contribution in [0.1, 0.15) is 43.7 Å². The Morgan fingerprint density at radius 3 is 2.78 bits per heavy atom. The van der Waals surface area contributed by atoms with Crippen LogP contribution in [-0.2, 0) is 6.54 Å². The molecule has 1 aromatic carbocycles. The molecule has 0 saturated carbocycles. The van der Waals surface area contributed by atoms with Gasteiger partial charge in [0.15, 0.2) is 0 Å². The monoisotopic (exact) mass is 314 g/mol. The molecular weight excluding hydrogens is 288 g/mol. The molecule has 5 heteroatoms. The lowest BCUT2D eigenvalue weighted by Crippen LogP contribution is -2.06. The zero-order valence-electron chi connectivity index (χ0n) is 14.0. The van der Waals surface area contributed by atoms with Crippen molar-refractivity contribution in [2.75, 3.05) is 17.7 Å². The smallest absolute Gasteiger partial charge is 0.131 e. The predicted octanol–water partition coefficient (Wildman–Crippen LogP) is 3.94. The summed E-state index contributed by atoms with van der Waals surface area (Å²) in [6, 6.07) is 7.99. The van der Waals surface area contributed by atoms with Gasteiger partial charge in [-0.2, -0.15) is 0 Å². The number of anilines is 2. The van der Waals surface area contributed by atoms with Gasteiger partial charge in [0.05, 0.1) is 6.61 Å². The third-order valence-corrected chi connectivity index (χ3v) is 3.63. The van der Waals surface area contributed by atoms with E-state index in [1.807, 2.05) is 0 Å². The maximum Gasteiger partial charge on any atom is 0.131 e. The first-order valence-corrected chi connectivity index (χ1v) is 8.22. The van der Waals surface area contributed by atoms with Crippen molar-refractivity contribution >= 4 is 11.6 Å². The quantitative estimate of drug-likeness (QED) is 0.686. The zero-order valence-corrected chi connectivity index (χ0v) is 14.0. The average molecular weight is 314 g/mol. The Hall–Kier alpha value is -2.30. The largest absolute Gasteiger partial charge is 0.493 e. The highest BCUT2D eigenvalue weighted by Crippen LogP contribution is 2.22. The summed E-state index contributed by atoms with van der Waals surface area (Å²) in [5.74, 6) is 2.11. The summed E-state index contributed by atoms with van der Waals surface area (Å²) >= 11 is 0. The maximum atomic E-state index is 5.98. The molecule has 0 fully saturated rings. The molecule has 0 radical (unpaired) electrons. The van der Waals surface area contributed by atoms with E-state index in [4.69, 9.17) is 10.5 Å². The molecule has 0 amide bonds. The highest BCUT2D eigenvalue weighted by molar-refractivity contribution is 5.45. The summed E-state index contributed by atoms with van der Waals surface area (Å²) in [6.45, 7) is 5.69. The Balaban J connectivity index is 1.94. The molecular formula is C18H26N4O. The minimum Gasteiger partial charge on any atom is -0.493 e. The number of ether oxygens (including phenoxy) is 1. The molecule has 0 saturated heterocycles. The van der Waals surface area contributed by atoms with E-state index in [1.165, 1.54) is 31.2 Å². The second-order valence-electron chi connectivity index (χ2n) is 5.70. The van der Waals surface area contributed by atoms with Gasteiger partial charge in [-0.15, -0.1) is 0 Å². The lowest BCUT2D eigenvalue weighted by molar-refractivity contribution is 0.302. The van der Waals surface area contributed by atoms with Crippen molar-refractivity contribution in [3.63, 3.8) is 0 Å². The van der Waals surface area contributed by atoms with Gasteiger partial charge in [0.25, 0.3) is 0 Å². The Bertz CT molecular complexity index is 616. The van der Waals surface area contributed by atoms with Crippen LogP contribution in [-0.4, -0.2) is 16.6 Å². The number of nitrogens with two attached hydrogens (primary N) is 1. The van der Waals surface area contributed by atoms with Gasteiger partial charge in [0, 0.05) is 18.2 Å². The van der Waals surface area contributed by atoms with E-state index in [0.29, 0.717) is 18.2 Å². The summed E-state index contributed by atoms with van der Waals surface area (Å²) < 4.78 is 5.98. The van der Waals surface area contributed by atoms with Crippen LogP contribution in [0.25, 0.3) is 0 Å². The number of nitrogens with zero attached hydrogens (tertiary/aromatic N) is 2. The van der Waals surface area contributed by atoms with E-state index in [1.54, 1.807) is 6.07 Å². The molecule has 0 aliphatic rings. The topological polar surface area (TPSA) is 73.1 Å². The van der Waals surface area contributed by atoms with Crippen LogP contribution in [0, 0.1) is 6.92 Å². The van der Waals surface area contributed by atoms with E-state index >= 15 is 0 Å². The van der Waals surface area contributed by atoms with Gasteiger partial charge in [0.2, 0.25) is 0 Å². The SMILES string of the molecule is CCCCCCOc1cc(C)ccc1CNc1cc(N)ncn1. The van der Waals surface area contributed by atoms with Gasteiger partial charge in [-0.1, -0.05) is 38.3 Å². The minimum absolute atomic E-state index is 0.457. The van der Waals surface area contributed by atoms with Crippen LogP contribution in [0.3, 0.4) is 0 Å². The van der Waals surface area contributed by atoms with Crippen LogP contribution in [0.4, 0.5) is 11.6 Å². The van der Waals surface area contributed by atoms with E-state index in [2.05, 4.69) is 47.3 Å². The fraction of sp³-hybridized carbons (Fsp3) is 0.444. The second kappa shape index (κ2) is 8.98. The van der Waals surface area contributed by atoms with Crippen LogP contribution >= 0.6 is 0 Å². The van der Waals surface area contributed by atoms with Crippen molar-refractivity contribution in [3.05, 3.63) is 41.7 Å². The van der Waals surface area contributed by atoms with Crippen molar-refractivity contribution in [1.82, 2.24) is 9.97 Å². The molecule has 0 atom stereocenters. The molecule has 2 rings (SSSR count). The molecule has 0 bridgehead atoms. The fourth-order valence-corrected chi connectivity index (χ4v) is 2.31. The number of rotatable bonds is 9. The molecule has 0 spiro atoms. The second-order valence-corrected chi connectivity index (χ2v) is 5.70. The third-order valence-electron chi connectivity index (χ3n) is 3.63. The number of hydrogen-bond donors (Lipinski definition) is 2. The summed E-state index contributed by atoms with van der Waals surface area (Å²) in [5, 5.41) is 3.26. The first-order chi connectivity index (χ1) is 11.2. The average Bonchev–Trinajstić information content (AvgIpc) is 2.54. The summed E-state index contributed by atoms with van der Waals surface area (Å²) in [6.07, 6.45) is 6.27. The first-order valence-electron chi connectivity index (χ1n) is 8.22. The number of benzene rings is 1. The maximum absolute atomic E-state index is 5.98. The third kappa shape index (κ3) is 5.77. The molecule has 124 valence electrons. The van der Waals surface area contributed by atoms with Crippen molar-refractivity contribution in [1.29, 1.82) is 0 Å². The first kappa shape index (κ1) is 17.1. The molecule has 3 N–H and O–H groups in total. The van der Waals surface area contributed by atoms with E-state index in [-0.39, 0.29) is 0 Å². The van der Waals surface area contributed by atoms with Crippen LogP contribution in [0.2, 0.25) is 0 Å². The lowest BCUT2D eigenvalue weighted by atomic mass is 10.1. The van der Waals surface area contributed by atoms with Gasteiger partial charge in [0.1, 0.15) is 23.7 Å². The number of aromatic nitrogens is 2. The summed E-state index contributed by atoms with van der Waals surface area (Å²) in [7, 11) is 0. The van der Waals surface area contributed by atoms with Crippen LogP contribution in [0.15, 0.2) is 30.6 Å². The normalized spacial score (nSPS) is 10.5. The van der Waals surface area contributed by atoms with E-state index in [0.717, 1.165) is 24.3 Å². The standard InChI is InChI=1S/C18H26N4O/c1-3-4-5-6-9-23-16-10-14(2)7-8-15(16)12-20-18-11-17(19)21-13-22-18/h7-8,10-11,13H,3-6,9,12H2,1-2H3,(H3,19,20,21,22). The molecule has 0 unspecified atom stereocenters. The van der Waals surface area contributed by atoms with Gasteiger partial charge in [-0.3, -0.25) is 0 Å². The highest BCUT2D eigenvalue weighted by atomic mass is 16.5. The van der Waals surface area contributed by atoms with E-state index < -0.39 is 0 Å². The highest BCUT2D eigenvalue weighted by Gasteiger charge is 2.05. The van der Waals surface area contributed by atoms with Crippen LogP contribution in [0.5, 0.6) is 5.75 Å². The number of unbranched alkanes of at least 4 members (excludes halogenated alkanes) is 3. The molecule has 0 aliphatic heterocycles. The molecule has 1 aromatic heterocycles. The molecule has 1 heterocycles. The number of hydrogen-bond acceptors (Lipinski definition) is 5. The summed E-state index contributed by atoms with van der Waals surface area (Å²) in [5.41, 5.74) is 7.98. The van der Waals surface area contributed by atoms with Gasteiger partial charge in [-0.05, 0) is 25.0 Å². The molecule has 5 nitrogen and oxygen atoms in total. The Kier molecular flexibility index (Phi) is 6.66. The summed E-state index contributed by atoms with van der Waals surface area (Å²) in [4.78, 5) is 8.05. The minimum atomic E-state index is 0.457. The Morgan fingerprint density at radius 2 is 2.00 bits per heavy atom. The van der Waals surface area contributed by atoms with Gasteiger partial charge in [-0.25, -0.2) is 9.97 Å².